The van der Waals surface area contributed by atoms with Crippen molar-refractivity contribution in [2.24, 2.45) is 23.7 Å². The van der Waals surface area contributed by atoms with Crippen molar-refractivity contribution in [2.45, 2.75) is 64.5 Å². The first kappa shape index (κ1) is 16.8. The van der Waals surface area contributed by atoms with Crippen LogP contribution in [0.2, 0.25) is 0 Å². The monoisotopic (exact) mass is 310 g/mol. The highest BCUT2D eigenvalue weighted by Crippen LogP contribution is 2.44. The van der Waals surface area contributed by atoms with Crippen LogP contribution in [0.25, 0.3) is 0 Å². The summed E-state index contributed by atoms with van der Waals surface area (Å²) in [5, 5.41) is 0. The fourth-order valence-corrected chi connectivity index (χ4v) is 3.58. The van der Waals surface area contributed by atoms with Crippen LogP contribution in [-0.2, 0) is 0 Å². The van der Waals surface area contributed by atoms with E-state index in [1.54, 1.807) is 0 Å². The number of hydrogen-bond donors (Lipinski definition) is 0. The molecule has 0 saturated heterocycles. The molecule has 0 aromatic rings. The largest absolute Gasteiger partial charge is 0.391 e. The van der Waals surface area contributed by atoms with Crippen molar-refractivity contribution in [1.29, 1.82) is 0 Å². The lowest BCUT2D eigenvalue weighted by molar-refractivity contribution is -0.183. The average Bonchev–Trinajstić information content (AvgIpc) is 2.46. The molecule has 0 spiro atoms. The van der Waals surface area contributed by atoms with Crippen LogP contribution in [0.1, 0.15) is 58.3 Å². The van der Waals surface area contributed by atoms with Crippen molar-refractivity contribution in [3.8, 4) is 0 Å². The Morgan fingerprint density at radius 3 is 1.48 bits per heavy atom. The zero-order valence-electron chi connectivity index (χ0n) is 12.4. The fraction of sp³-hybridized carbons (Fsp3) is 0.875. The summed E-state index contributed by atoms with van der Waals surface area (Å²) in [6.45, 7) is 2.10. The Bertz CT molecular complexity index is 369. The van der Waals surface area contributed by atoms with E-state index >= 15 is 0 Å². The van der Waals surface area contributed by atoms with Crippen molar-refractivity contribution < 1.29 is 22.0 Å². The normalized spacial score (nSPS) is 36.3. The van der Waals surface area contributed by atoms with Gasteiger partial charge in [0.25, 0.3) is 0 Å². The van der Waals surface area contributed by atoms with Gasteiger partial charge in [0.15, 0.2) is 0 Å². The van der Waals surface area contributed by atoms with Gasteiger partial charge in [-0.3, -0.25) is 0 Å². The summed E-state index contributed by atoms with van der Waals surface area (Å²) < 4.78 is 66.1. The molecule has 5 heteroatoms. The third-order valence-corrected chi connectivity index (χ3v) is 5.15. The smallest absolute Gasteiger partial charge is 0.209 e. The number of allylic oxidation sites excluding steroid dienone is 2. The lowest BCUT2D eigenvalue weighted by atomic mass is 9.78. The van der Waals surface area contributed by atoms with Gasteiger partial charge in [0.1, 0.15) is 11.7 Å². The van der Waals surface area contributed by atoms with Crippen molar-refractivity contribution in [1.82, 2.24) is 0 Å². The first-order valence-electron chi connectivity index (χ1n) is 7.90. The van der Waals surface area contributed by atoms with Crippen molar-refractivity contribution in [2.75, 3.05) is 0 Å². The van der Waals surface area contributed by atoms with E-state index in [2.05, 4.69) is 6.92 Å². The van der Waals surface area contributed by atoms with Gasteiger partial charge in [0, 0.05) is 11.8 Å². The minimum absolute atomic E-state index is 0.0867. The Hall–Kier alpha value is -0.610. The standard InChI is InChI=1S/C16H23F5/c1-10-2-4-11(5-3-10)14(17)15(18)12-6-8-13(9-7-12)16(19,20)21/h10-13H,2-9H2,1H3/b15-14-. The molecule has 0 bridgehead atoms. The van der Waals surface area contributed by atoms with Gasteiger partial charge in [-0.05, 0) is 44.4 Å². The van der Waals surface area contributed by atoms with Gasteiger partial charge in [-0.1, -0.05) is 19.8 Å². The third-order valence-electron chi connectivity index (χ3n) is 5.15. The van der Waals surface area contributed by atoms with Gasteiger partial charge in [0.05, 0.1) is 5.92 Å². The molecular weight excluding hydrogens is 287 g/mol. The van der Waals surface area contributed by atoms with Crippen LogP contribution in [0.5, 0.6) is 0 Å². The summed E-state index contributed by atoms with van der Waals surface area (Å²) in [7, 11) is 0. The van der Waals surface area contributed by atoms with E-state index in [4.69, 9.17) is 0 Å². The SMILES string of the molecule is CC1CCC(/C(F)=C(/F)C2CCC(C(F)(F)F)CC2)CC1. The maximum absolute atomic E-state index is 14.2. The Labute approximate surface area is 122 Å². The highest BCUT2D eigenvalue weighted by atomic mass is 19.4. The molecule has 0 aliphatic heterocycles. The molecule has 2 aliphatic rings. The second-order valence-corrected chi connectivity index (χ2v) is 6.74. The van der Waals surface area contributed by atoms with Crippen LogP contribution >= 0.6 is 0 Å². The number of halogens is 5. The Morgan fingerprint density at radius 2 is 1.10 bits per heavy atom. The molecule has 0 N–H and O–H groups in total. The van der Waals surface area contributed by atoms with Gasteiger partial charge in [-0.25, -0.2) is 8.78 Å². The van der Waals surface area contributed by atoms with E-state index in [9.17, 15) is 22.0 Å². The fourth-order valence-electron chi connectivity index (χ4n) is 3.58. The van der Waals surface area contributed by atoms with Gasteiger partial charge < -0.3 is 0 Å². The summed E-state index contributed by atoms with van der Waals surface area (Å²) in [5.41, 5.74) is 0. The number of rotatable bonds is 2. The summed E-state index contributed by atoms with van der Waals surface area (Å²) >= 11 is 0. The van der Waals surface area contributed by atoms with Crippen molar-refractivity contribution in [3.05, 3.63) is 11.7 Å². The maximum Gasteiger partial charge on any atom is 0.391 e. The summed E-state index contributed by atoms with van der Waals surface area (Å²) in [4.78, 5) is 0. The molecule has 0 atom stereocenters. The predicted molar refractivity (Wildman–Crippen MR) is 71.9 cm³/mol. The topological polar surface area (TPSA) is 0 Å². The number of hydrogen-bond acceptors (Lipinski definition) is 0. The van der Waals surface area contributed by atoms with E-state index in [1.165, 1.54) is 0 Å². The molecule has 0 aromatic heterocycles. The zero-order valence-corrected chi connectivity index (χ0v) is 12.4. The molecule has 0 amide bonds. The molecule has 2 aliphatic carbocycles. The Morgan fingerprint density at radius 1 is 0.714 bits per heavy atom. The highest BCUT2D eigenvalue weighted by Gasteiger charge is 2.42. The lowest BCUT2D eigenvalue weighted by Gasteiger charge is -2.30. The van der Waals surface area contributed by atoms with E-state index < -0.39 is 29.7 Å². The van der Waals surface area contributed by atoms with Crippen molar-refractivity contribution >= 4 is 0 Å². The Kier molecular flexibility index (Phi) is 5.31. The van der Waals surface area contributed by atoms with Crippen LogP contribution in [0, 0.1) is 23.7 Å². The van der Waals surface area contributed by atoms with E-state index in [0.29, 0.717) is 18.8 Å². The molecule has 0 unspecified atom stereocenters. The van der Waals surface area contributed by atoms with Crippen LogP contribution in [-0.4, -0.2) is 6.18 Å². The molecule has 2 fully saturated rings. The molecule has 0 nitrogen and oxygen atoms in total. The summed E-state index contributed by atoms with van der Waals surface area (Å²) in [6, 6.07) is 0. The molecule has 0 heterocycles. The van der Waals surface area contributed by atoms with E-state index in [0.717, 1.165) is 12.8 Å². The van der Waals surface area contributed by atoms with Crippen LogP contribution < -0.4 is 0 Å². The lowest BCUT2D eigenvalue weighted by Crippen LogP contribution is -2.28. The molecule has 2 saturated carbocycles. The zero-order chi connectivity index (χ0) is 15.6. The molecule has 21 heavy (non-hydrogen) atoms. The maximum atomic E-state index is 14.2. The van der Waals surface area contributed by atoms with Gasteiger partial charge in [0.2, 0.25) is 0 Å². The Balaban J connectivity index is 1.94. The second-order valence-electron chi connectivity index (χ2n) is 6.74. The minimum Gasteiger partial charge on any atom is -0.209 e. The van der Waals surface area contributed by atoms with Crippen molar-refractivity contribution in [3.63, 3.8) is 0 Å². The first-order chi connectivity index (χ1) is 9.79. The number of alkyl halides is 3. The average molecular weight is 310 g/mol. The minimum atomic E-state index is -4.21. The molecule has 0 aromatic carbocycles. The quantitative estimate of drug-likeness (QED) is 0.523. The van der Waals surface area contributed by atoms with Crippen LogP contribution in [0.3, 0.4) is 0 Å². The van der Waals surface area contributed by atoms with Crippen LogP contribution in [0.15, 0.2) is 11.7 Å². The first-order valence-corrected chi connectivity index (χ1v) is 7.90. The summed E-state index contributed by atoms with van der Waals surface area (Å²) in [5.74, 6) is -3.25. The predicted octanol–water partition coefficient (Wildman–Crippen LogP) is 6.33. The molecule has 0 radical (unpaired) electrons. The van der Waals surface area contributed by atoms with Gasteiger partial charge >= 0.3 is 6.18 Å². The van der Waals surface area contributed by atoms with Gasteiger partial charge in [-0.15, -0.1) is 0 Å². The van der Waals surface area contributed by atoms with E-state index in [1.807, 2.05) is 0 Å². The third kappa shape index (κ3) is 4.19. The van der Waals surface area contributed by atoms with Crippen LogP contribution in [0.4, 0.5) is 22.0 Å². The molecular formula is C16H23F5. The second kappa shape index (κ2) is 6.66. The summed E-state index contributed by atoms with van der Waals surface area (Å²) in [6.07, 6.45) is -1.08. The van der Waals surface area contributed by atoms with Gasteiger partial charge in [-0.2, -0.15) is 13.2 Å². The molecule has 2 rings (SSSR count). The molecule has 122 valence electrons. The van der Waals surface area contributed by atoms with E-state index in [-0.39, 0.29) is 31.6 Å². The highest BCUT2D eigenvalue weighted by molar-refractivity contribution is 5.09.